The molecule has 134 valence electrons. The number of rotatable bonds is 2. The van der Waals surface area contributed by atoms with Crippen molar-refractivity contribution in [2.75, 3.05) is 0 Å². The van der Waals surface area contributed by atoms with Crippen LogP contribution in [0.5, 0.6) is 0 Å². The molecule has 1 heterocycles. The summed E-state index contributed by atoms with van der Waals surface area (Å²) in [4.78, 5) is 7.63. The Morgan fingerprint density at radius 1 is 1.09 bits per heavy atom. The number of likely N-dealkylation sites (tertiary alicyclic amines) is 1. The van der Waals surface area contributed by atoms with Gasteiger partial charge in [0.2, 0.25) is 0 Å². The Kier molecular flexibility index (Phi) is 6.53. The lowest BCUT2D eigenvalue weighted by Gasteiger charge is -2.48. The van der Waals surface area contributed by atoms with Crippen LogP contribution in [0.2, 0.25) is 0 Å². The molecule has 1 aliphatic carbocycles. The predicted octanol–water partition coefficient (Wildman–Crippen LogP) is 4.74. The molecule has 2 fully saturated rings. The van der Waals surface area contributed by atoms with Crippen molar-refractivity contribution in [3.63, 3.8) is 0 Å². The van der Waals surface area contributed by atoms with Gasteiger partial charge in [-0.15, -0.1) is 0 Å². The molecule has 2 rings (SSSR count). The van der Waals surface area contributed by atoms with Gasteiger partial charge in [0.15, 0.2) is 0 Å². The molecule has 0 aromatic rings. The molecule has 1 saturated carbocycles. The van der Waals surface area contributed by atoms with Crippen LogP contribution >= 0.6 is 0 Å². The van der Waals surface area contributed by atoms with Gasteiger partial charge in [-0.2, -0.15) is 0 Å². The molecule has 1 aliphatic heterocycles. The zero-order valence-electron chi connectivity index (χ0n) is 16.1. The molecule has 0 bridgehead atoms. The highest BCUT2D eigenvalue weighted by Gasteiger charge is 2.38. The van der Waals surface area contributed by atoms with Gasteiger partial charge in [0.1, 0.15) is 0 Å². The molecule has 2 N–H and O–H groups in total. The van der Waals surface area contributed by atoms with E-state index in [4.69, 9.17) is 10.7 Å². The van der Waals surface area contributed by atoms with Crippen LogP contribution in [0.1, 0.15) is 92.4 Å². The van der Waals surface area contributed by atoms with E-state index in [2.05, 4.69) is 39.5 Å². The quantitative estimate of drug-likeness (QED) is 0.798. The SMILES string of the molecule is CC(C)/N=C1\CCC2CC(C)(N)CCCCCCC2N1C(C)C. The average molecular weight is 322 g/mol. The van der Waals surface area contributed by atoms with Gasteiger partial charge in [-0.3, -0.25) is 4.99 Å². The highest BCUT2D eigenvalue weighted by molar-refractivity contribution is 5.84. The van der Waals surface area contributed by atoms with Gasteiger partial charge >= 0.3 is 0 Å². The zero-order valence-corrected chi connectivity index (χ0v) is 16.1. The Hall–Kier alpha value is -0.570. The van der Waals surface area contributed by atoms with Crippen LogP contribution in [0.15, 0.2) is 4.99 Å². The maximum Gasteiger partial charge on any atom is 0.0997 e. The summed E-state index contributed by atoms with van der Waals surface area (Å²) >= 11 is 0. The maximum absolute atomic E-state index is 6.66. The fourth-order valence-electron chi connectivity index (χ4n) is 4.71. The lowest BCUT2D eigenvalue weighted by atomic mass is 9.75. The number of nitrogens with two attached hydrogens (primary N) is 1. The topological polar surface area (TPSA) is 41.6 Å². The van der Waals surface area contributed by atoms with Gasteiger partial charge in [0.05, 0.1) is 5.84 Å². The molecule has 3 nitrogen and oxygen atoms in total. The third-order valence-corrected chi connectivity index (χ3v) is 5.63. The Morgan fingerprint density at radius 2 is 1.78 bits per heavy atom. The number of aliphatic imine (C=N–C) groups is 1. The number of amidine groups is 1. The van der Waals surface area contributed by atoms with Gasteiger partial charge < -0.3 is 10.6 Å². The molecule has 23 heavy (non-hydrogen) atoms. The van der Waals surface area contributed by atoms with Gasteiger partial charge in [-0.1, -0.05) is 25.7 Å². The predicted molar refractivity (Wildman–Crippen MR) is 101 cm³/mol. The summed E-state index contributed by atoms with van der Waals surface area (Å²) in [5, 5.41) is 0. The third-order valence-electron chi connectivity index (χ3n) is 5.63. The van der Waals surface area contributed by atoms with Crippen LogP contribution in [0.4, 0.5) is 0 Å². The number of hydrogen-bond donors (Lipinski definition) is 1. The molecule has 3 atom stereocenters. The fraction of sp³-hybridized carbons (Fsp3) is 0.950. The third kappa shape index (κ3) is 5.20. The maximum atomic E-state index is 6.66. The number of fused-ring (bicyclic) bond motifs is 1. The van der Waals surface area contributed by atoms with Crippen molar-refractivity contribution in [1.29, 1.82) is 0 Å². The first kappa shape index (κ1) is 18.8. The summed E-state index contributed by atoms with van der Waals surface area (Å²) in [6.07, 6.45) is 11.5. The van der Waals surface area contributed by atoms with Crippen LogP contribution in [-0.2, 0) is 0 Å². The summed E-state index contributed by atoms with van der Waals surface area (Å²) in [7, 11) is 0. The summed E-state index contributed by atoms with van der Waals surface area (Å²) in [6.45, 7) is 11.3. The van der Waals surface area contributed by atoms with Gasteiger partial charge in [0.25, 0.3) is 0 Å². The molecule has 1 saturated heterocycles. The van der Waals surface area contributed by atoms with E-state index in [-0.39, 0.29) is 5.54 Å². The summed E-state index contributed by atoms with van der Waals surface area (Å²) < 4.78 is 0. The fourth-order valence-corrected chi connectivity index (χ4v) is 4.71. The van der Waals surface area contributed by atoms with E-state index < -0.39 is 0 Å². The van der Waals surface area contributed by atoms with Crippen molar-refractivity contribution in [1.82, 2.24) is 4.90 Å². The van der Waals surface area contributed by atoms with Gasteiger partial charge in [-0.25, -0.2) is 0 Å². The van der Waals surface area contributed by atoms with Crippen LogP contribution in [0.25, 0.3) is 0 Å². The van der Waals surface area contributed by atoms with Crippen LogP contribution in [-0.4, -0.2) is 34.4 Å². The molecule has 0 amide bonds. The van der Waals surface area contributed by atoms with Crippen molar-refractivity contribution < 1.29 is 0 Å². The highest BCUT2D eigenvalue weighted by Crippen LogP contribution is 2.37. The Labute approximate surface area is 144 Å². The van der Waals surface area contributed by atoms with E-state index in [1.807, 2.05) is 0 Å². The van der Waals surface area contributed by atoms with E-state index in [9.17, 15) is 0 Å². The van der Waals surface area contributed by atoms with Crippen molar-refractivity contribution in [3.05, 3.63) is 0 Å². The number of hydrogen-bond acceptors (Lipinski definition) is 2. The highest BCUT2D eigenvalue weighted by atomic mass is 15.2. The monoisotopic (exact) mass is 321 g/mol. The zero-order chi connectivity index (χ0) is 17.0. The van der Waals surface area contributed by atoms with Crippen LogP contribution < -0.4 is 5.73 Å². The first-order valence-corrected chi connectivity index (χ1v) is 9.94. The normalized spacial score (nSPS) is 35.7. The summed E-state index contributed by atoms with van der Waals surface area (Å²) in [5.41, 5.74) is 6.67. The molecule has 0 spiro atoms. The second-order valence-electron chi connectivity index (χ2n) is 8.82. The minimum Gasteiger partial charge on any atom is -0.355 e. The lowest BCUT2D eigenvalue weighted by Crippen LogP contribution is -2.54. The minimum absolute atomic E-state index is 0.00952. The Bertz CT molecular complexity index is 398. The average Bonchev–Trinajstić information content (AvgIpc) is 2.43. The van der Waals surface area contributed by atoms with E-state index in [1.54, 1.807) is 0 Å². The number of nitrogens with zero attached hydrogens (tertiary/aromatic N) is 2. The molecule has 0 radical (unpaired) electrons. The van der Waals surface area contributed by atoms with E-state index in [0.717, 1.165) is 12.3 Å². The van der Waals surface area contributed by atoms with Crippen LogP contribution in [0.3, 0.4) is 0 Å². The molecular formula is C20H39N3. The summed E-state index contributed by atoms with van der Waals surface area (Å²) in [5.74, 6) is 2.09. The first-order chi connectivity index (χ1) is 10.8. The molecule has 3 unspecified atom stereocenters. The Morgan fingerprint density at radius 3 is 2.43 bits per heavy atom. The minimum atomic E-state index is 0.00952. The van der Waals surface area contributed by atoms with Crippen LogP contribution in [0, 0.1) is 5.92 Å². The Balaban J connectivity index is 2.25. The van der Waals surface area contributed by atoms with Crippen molar-refractivity contribution in [3.8, 4) is 0 Å². The van der Waals surface area contributed by atoms with Crippen molar-refractivity contribution >= 4 is 5.84 Å². The molecule has 2 aliphatic rings. The summed E-state index contributed by atoms with van der Waals surface area (Å²) in [6, 6.07) is 1.57. The molecule has 0 aromatic heterocycles. The second-order valence-corrected chi connectivity index (χ2v) is 8.82. The van der Waals surface area contributed by atoms with E-state index in [1.165, 1.54) is 57.2 Å². The smallest absolute Gasteiger partial charge is 0.0997 e. The molecule has 3 heteroatoms. The van der Waals surface area contributed by atoms with Crippen molar-refractivity contribution in [2.45, 2.75) is 116 Å². The second kappa shape index (κ2) is 8.00. The van der Waals surface area contributed by atoms with Gasteiger partial charge in [-0.05, 0) is 66.2 Å². The number of piperidine rings is 1. The molecular weight excluding hydrogens is 282 g/mol. The van der Waals surface area contributed by atoms with Crippen molar-refractivity contribution in [2.24, 2.45) is 16.6 Å². The largest absolute Gasteiger partial charge is 0.355 e. The van der Waals surface area contributed by atoms with E-state index >= 15 is 0 Å². The van der Waals surface area contributed by atoms with Gasteiger partial charge in [0, 0.05) is 30.1 Å². The van der Waals surface area contributed by atoms with E-state index in [0.29, 0.717) is 18.1 Å². The standard InChI is InChI=1S/C20H39N3/c1-15(2)22-19-12-11-17-14-20(5,21)13-9-7-6-8-10-18(17)23(19)16(3)4/h15-18H,6-14,21H2,1-5H3/b22-19+. The lowest BCUT2D eigenvalue weighted by molar-refractivity contribution is 0.116. The molecule has 0 aromatic carbocycles. The first-order valence-electron chi connectivity index (χ1n) is 9.94.